The highest BCUT2D eigenvalue weighted by molar-refractivity contribution is 5.85. The number of amides is 1. The third kappa shape index (κ3) is 6.73. The van der Waals surface area contributed by atoms with Gasteiger partial charge in [-0.25, -0.2) is 0 Å². The number of halogens is 1. The number of hydrogen-bond donors (Lipinski definition) is 2. The molecule has 108 valence electrons. The maximum absolute atomic E-state index is 11.4. The third-order valence-electron chi connectivity index (χ3n) is 2.32. The summed E-state index contributed by atoms with van der Waals surface area (Å²) in [5, 5.41) is 20.0. The molecule has 1 amide bonds. The Hall–Kier alpha value is -1.67. The van der Waals surface area contributed by atoms with E-state index in [0.29, 0.717) is 13.1 Å². The quantitative estimate of drug-likeness (QED) is 0.408. The van der Waals surface area contributed by atoms with Crippen molar-refractivity contribution < 1.29 is 9.72 Å². The Balaban J connectivity index is 0.00000324. The molecule has 0 aliphatic rings. The number of nitrogens with zero attached hydrogens (tertiary/aromatic N) is 3. The summed E-state index contributed by atoms with van der Waals surface area (Å²) in [6.07, 6.45) is 3.62. The Labute approximate surface area is 117 Å². The van der Waals surface area contributed by atoms with Crippen LogP contribution >= 0.6 is 12.4 Å². The van der Waals surface area contributed by atoms with E-state index in [4.69, 9.17) is 0 Å². The molecule has 0 aromatic carbocycles. The zero-order valence-corrected chi connectivity index (χ0v) is 11.5. The van der Waals surface area contributed by atoms with Gasteiger partial charge in [-0.3, -0.25) is 19.6 Å². The summed E-state index contributed by atoms with van der Waals surface area (Å²) in [5.74, 6) is -0.0794. The largest absolute Gasteiger partial charge is 0.356 e. The van der Waals surface area contributed by atoms with E-state index in [2.05, 4.69) is 15.7 Å². The van der Waals surface area contributed by atoms with Crippen molar-refractivity contribution in [3.8, 4) is 0 Å². The summed E-state index contributed by atoms with van der Waals surface area (Å²) in [6.45, 7) is 1.82. The smallest absolute Gasteiger partial charge is 0.306 e. The maximum atomic E-state index is 11.4. The summed E-state index contributed by atoms with van der Waals surface area (Å²) in [6, 6.07) is 0. The summed E-state index contributed by atoms with van der Waals surface area (Å²) < 4.78 is 1.39. The summed E-state index contributed by atoms with van der Waals surface area (Å²) in [5.41, 5.74) is -0.0653. The average Bonchev–Trinajstić information content (AvgIpc) is 2.81. The van der Waals surface area contributed by atoms with Crippen molar-refractivity contribution >= 4 is 24.0 Å². The predicted molar refractivity (Wildman–Crippen MR) is 72.3 cm³/mol. The van der Waals surface area contributed by atoms with E-state index >= 15 is 0 Å². The SMILES string of the molecule is CNCCCNC(=O)CCn1cc([N+](=O)[O-])cn1.Cl. The van der Waals surface area contributed by atoms with Crippen molar-refractivity contribution in [3.05, 3.63) is 22.5 Å². The highest BCUT2D eigenvalue weighted by Crippen LogP contribution is 2.07. The first-order valence-electron chi connectivity index (χ1n) is 5.71. The van der Waals surface area contributed by atoms with E-state index in [0.717, 1.165) is 13.0 Å². The summed E-state index contributed by atoms with van der Waals surface area (Å²) in [7, 11) is 1.85. The van der Waals surface area contributed by atoms with Gasteiger partial charge in [-0.2, -0.15) is 5.10 Å². The molecular formula is C10H18ClN5O3. The Kier molecular flexibility index (Phi) is 8.47. The zero-order valence-electron chi connectivity index (χ0n) is 10.7. The van der Waals surface area contributed by atoms with Crippen LogP contribution in [0.15, 0.2) is 12.4 Å². The second-order valence-electron chi connectivity index (χ2n) is 3.78. The molecule has 1 aromatic heterocycles. The molecule has 0 aliphatic heterocycles. The van der Waals surface area contributed by atoms with Crippen LogP contribution in [0.4, 0.5) is 5.69 Å². The number of nitrogens with one attached hydrogen (secondary N) is 2. The molecule has 2 N–H and O–H groups in total. The Morgan fingerprint density at radius 3 is 2.84 bits per heavy atom. The molecule has 0 saturated heterocycles. The molecule has 0 aliphatic carbocycles. The van der Waals surface area contributed by atoms with E-state index in [-0.39, 0.29) is 30.4 Å². The van der Waals surface area contributed by atoms with Crippen LogP contribution in [0.1, 0.15) is 12.8 Å². The number of carbonyl (C=O) groups excluding carboxylic acids is 1. The monoisotopic (exact) mass is 291 g/mol. The van der Waals surface area contributed by atoms with Gasteiger partial charge in [0.2, 0.25) is 5.91 Å². The Morgan fingerprint density at radius 1 is 1.53 bits per heavy atom. The van der Waals surface area contributed by atoms with Gasteiger partial charge in [0, 0.05) is 19.5 Å². The fraction of sp³-hybridized carbons (Fsp3) is 0.600. The van der Waals surface area contributed by atoms with E-state index in [1.165, 1.54) is 17.1 Å². The van der Waals surface area contributed by atoms with Gasteiger partial charge in [-0.15, -0.1) is 12.4 Å². The lowest BCUT2D eigenvalue weighted by atomic mass is 10.3. The van der Waals surface area contributed by atoms with E-state index in [1.807, 2.05) is 7.05 Å². The van der Waals surface area contributed by atoms with E-state index in [1.54, 1.807) is 0 Å². The number of rotatable bonds is 8. The molecule has 1 aromatic rings. The molecule has 19 heavy (non-hydrogen) atoms. The fourth-order valence-electron chi connectivity index (χ4n) is 1.37. The van der Waals surface area contributed by atoms with E-state index in [9.17, 15) is 14.9 Å². The van der Waals surface area contributed by atoms with Gasteiger partial charge in [0.15, 0.2) is 0 Å². The number of hydrogen-bond acceptors (Lipinski definition) is 5. The lowest BCUT2D eigenvalue weighted by Crippen LogP contribution is -2.27. The molecule has 1 rings (SSSR count). The first-order valence-corrected chi connectivity index (χ1v) is 5.71. The highest BCUT2D eigenvalue weighted by Gasteiger charge is 2.09. The highest BCUT2D eigenvalue weighted by atomic mass is 35.5. The molecule has 0 saturated carbocycles. The minimum absolute atomic E-state index is 0. The fourth-order valence-corrected chi connectivity index (χ4v) is 1.37. The number of carbonyl (C=O) groups is 1. The minimum atomic E-state index is -0.513. The van der Waals surface area contributed by atoms with Crippen LogP contribution in [0, 0.1) is 10.1 Å². The first kappa shape index (κ1) is 17.3. The molecule has 0 atom stereocenters. The molecule has 8 nitrogen and oxygen atoms in total. The van der Waals surface area contributed by atoms with E-state index < -0.39 is 4.92 Å². The predicted octanol–water partition coefficient (Wildman–Crippen LogP) is 0.329. The molecular weight excluding hydrogens is 274 g/mol. The lowest BCUT2D eigenvalue weighted by Gasteiger charge is -2.04. The summed E-state index contributed by atoms with van der Waals surface area (Å²) in [4.78, 5) is 21.3. The van der Waals surface area contributed by atoms with Gasteiger partial charge in [0.25, 0.3) is 0 Å². The van der Waals surface area contributed by atoms with Crippen LogP contribution in [0.5, 0.6) is 0 Å². The average molecular weight is 292 g/mol. The molecule has 0 bridgehead atoms. The molecule has 0 spiro atoms. The van der Waals surface area contributed by atoms with Crippen molar-refractivity contribution in [2.24, 2.45) is 0 Å². The van der Waals surface area contributed by atoms with Gasteiger partial charge in [-0.1, -0.05) is 0 Å². The molecule has 9 heteroatoms. The molecule has 0 fully saturated rings. The van der Waals surface area contributed by atoms with Crippen LogP contribution in [-0.2, 0) is 11.3 Å². The van der Waals surface area contributed by atoms with Crippen molar-refractivity contribution in [1.29, 1.82) is 0 Å². The van der Waals surface area contributed by atoms with Gasteiger partial charge >= 0.3 is 5.69 Å². The summed E-state index contributed by atoms with van der Waals surface area (Å²) >= 11 is 0. The molecule has 1 heterocycles. The Morgan fingerprint density at radius 2 is 2.26 bits per heavy atom. The van der Waals surface area contributed by atoms with Crippen molar-refractivity contribution in [2.45, 2.75) is 19.4 Å². The van der Waals surface area contributed by atoms with Crippen LogP contribution in [0.2, 0.25) is 0 Å². The van der Waals surface area contributed by atoms with Crippen molar-refractivity contribution in [2.75, 3.05) is 20.1 Å². The van der Waals surface area contributed by atoms with Crippen LogP contribution < -0.4 is 10.6 Å². The third-order valence-corrected chi connectivity index (χ3v) is 2.32. The standard InChI is InChI=1S/C10H17N5O3.ClH/c1-11-4-2-5-12-10(16)3-6-14-8-9(7-13-14)15(17)18;/h7-8,11H,2-6H2,1H3,(H,12,16);1H. The number of aromatic nitrogens is 2. The van der Waals surface area contributed by atoms with Crippen molar-refractivity contribution in [3.63, 3.8) is 0 Å². The minimum Gasteiger partial charge on any atom is -0.356 e. The second-order valence-corrected chi connectivity index (χ2v) is 3.78. The Bertz CT molecular complexity index is 410. The topological polar surface area (TPSA) is 102 Å². The number of aryl methyl sites for hydroxylation is 1. The number of nitro groups is 1. The molecule has 0 unspecified atom stereocenters. The lowest BCUT2D eigenvalue weighted by molar-refractivity contribution is -0.385. The van der Waals surface area contributed by atoms with Crippen LogP contribution in [0.25, 0.3) is 0 Å². The molecule has 0 radical (unpaired) electrons. The van der Waals surface area contributed by atoms with Crippen LogP contribution in [-0.4, -0.2) is 40.7 Å². The van der Waals surface area contributed by atoms with Crippen molar-refractivity contribution in [1.82, 2.24) is 20.4 Å². The van der Waals surface area contributed by atoms with Gasteiger partial charge in [-0.05, 0) is 20.0 Å². The zero-order chi connectivity index (χ0) is 13.4. The normalized spacial score (nSPS) is 9.74. The maximum Gasteiger partial charge on any atom is 0.306 e. The van der Waals surface area contributed by atoms with Gasteiger partial charge < -0.3 is 10.6 Å². The second kappa shape index (κ2) is 9.29. The van der Waals surface area contributed by atoms with Gasteiger partial charge in [0.1, 0.15) is 12.4 Å². The first-order chi connectivity index (χ1) is 8.63. The van der Waals surface area contributed by atoms with Crippen LogP contribution in [0.3, 0.4) is 0 Å². The van der Waals surface area contributed by atoms with Gasteiger partial charge in [0.05, 0.1) is 4.92 Å².